The average molecular weight is 471 g/mol. The summed E-state index contributed by atoms with van der Waals surface area (Å²) in [6, 6.07) is 12.7. The fourth-order valence-corrected chi connectivity index (χ4v) is 4.00. The topological polar surface area (TPSA) is 70.1 Å². The SMILES string of the molecule is CC[C@H](C)N(Cc1csc(COc2c(OC)cccc2OC)n1)C(=O)c1ccc(OC)cc1. The van der Waals surface area contributed by atoms with Crippen molar-refractivity contribution in [1.29, 1.82) is 0 Å². The van der Waals surface area contributed by atoms with Crippen LogP contribution in [0, 0.1) is 0 Å². The van der Waals surface area contributed by atoms with Crippen LogP contribution >= 0.6 is 11.3 Å². The minimum absolute atomic E-state index is 0.0310. The normalized spacial score (nSPS) is 11.5. The van der Waals surface area contributed by atoms with Crippen molar-refractivity contribution < 1.29 is 23.7 Å². The van der Waals surface area contributed by atoms with Crippen molar-refractivity contribution in [3.63, 3.8) is 0 Å². The van der Waals surface area contributed by atoms with Crippen LogP contribution in [0.2, 0.25) is 0 Å². The molecule has 0 aliphatic carbocycles. The lowest BCUT2D eigenvalue weighted by Crippen LogP contribution is -2.37. The number of carbonyl (C=O) groups is 1. The highest BCUT2D eigenvalue weighted by Crippen LogP contribution is 2.37. The van der Waals surface area contributed by atoms with E-state index in [1.54, 1.807) is 45.6 Å². The van der Waals surface area contributed by atoms with Crippen molar-refractivity contribution >= 4 is 17.2 Å². The minimum Gasteiger partial charge on any atom is -0.497 e. The van der Waals surface area contributed by atoms with Crippen molar-refractivity contribution in [1.82, 2.24) is 9.88 Å². The summed E-state index contributed by atoms with van der Waals surface area (Å²) in [6.07, 6.45) is 0.843. The number of benzene rings is 2. The van der Waals surface area contributed by atoms with E-state index in [9.17, 15) is 4.79 Å². The van der Waals surface area contributed by atoms with E-state index in [0.29, 0.717) is 29.4 Å². The molecule has 8 heteroatoms. The first kappa shape index (κ1) is 24.4. The molecule has 33 heavy (non-hydrogen) atoms. The summed E-state index contributed by atoms with van der Waals surface area (Å²) < 4.78 is 21.9. The minimum atomic E-state index is -0.0310. The zero-order chi connectivity index (χ0) is 23.8. The summed E-state index contributed by atoms with van der Waals surface area (Å²) in [7, 11) is 4.79. The van der Waals surface area contributed by atoms with E-state index < -0.39 is 0 Å². The lowest BCUT2D eigenvalue weighted by Gasteiger charge is -2.28. The molecule has 3 aromatic rings. The fourth-order valence-electron chi connectivity index (χ4n) is 3.30. The molecule has 0 unspecified atom stereocenters. The second kappa shape index (κ2) is 11.6. The van der Waals surface area contributed by atoms with Crippen LogP contribution in [-0.2, 0) is 13.2 Å². The molecule has 1 aromatic heterocycles. The summed E-state index contributed by atoms with van der Waals surface area (Å²) in [4.78, 5) is 19.8. The zero-order valence-electron chi connectivity index (χ0n) is 19.7. The largest absolute Gasteiger partial charge is 0.497 e. The van der Waals surface area contributed by atoms with E-state index in [0.717, 1.165) is 22.9 Å². The van der Waals surface area contributed by atoms with Gasteiger partial charge in [-0.2, -0.15) is 0 Å². The van der Waals surface area contributed by atoms with Crippen molar-refractivity contribution in [2.45, 2.75) is 39.5 Å². The molecule has 0 saturated carbocycles. The van der Waals surface area contributed by atoms with Crippen LogP contribution in [0.3, 0.4) is 0 Å². The van der Waals surface area contributed by atoms with Gasteiger partial charge < -0.3 is 23.8 Å². The molecule has 7 nitrogen and oxygen atoms in total. The Kier molecular flexibility index (Phi) is 8.54. The lowest BCUT2D eigenvalue weighted by molar-refractivity contribution is 0.0669. The van der Waals surface area contributed by atoms with E-state index in [1.165, 1.54) is 11.3 Å². The third-order valence-electron chi connectivity index (χ3n) is 5.37. The molecule has 0 N–H and O–H groups in total. The van der Waals surface area contributed by atoms with E-state index >= 15 is 0 Å². The summed E-state index contributed by atoms with van der Waals surface area (Å²) in [5, 5.41) is 2.77. The van der Waals surface area contributed by atoms with Gasteiger partial charge in [-0.15, -0.1) is 11.3 Å². The number of ether oxygens (including phenoxy) is 4. The zero-order valence-corrected chi connectivity index (χ0v) is 20.5. The van der Waals surface area contributed by atoms with E-state index in [-0.39, 0.29) is 18.6 Å². The number of amides is 1. The van der Waals surface area contributed by atoms with Gasteiger partial charge in [-0.1, -0.05) is 13.0 Å². The maximum atomic E-state index is 13.2. The first-order chi connectivity index (χ1) is 16.0. The Morgan fingerprint density at radius 2 is 1.70 bits per heavy atom. The van der Waals surface area contributed by atoms with Gasteiger partial charge in [0.05, 0.1) is 33.6 Å². The second-order valence-corrected chi connectivity index (χ2v) is 8.37. The van der Waals surface area contributed by atoms with Gasteiger partial charge in [-0.3, -0.25) is 4.79 Å². The Bertz CT molecular complexity index is 1030. The number of nitrogens with zero attached hydrogens (tertiary/aromatic N) is 2. The summed E-state index contributed by atoms with van der Waals surface area (Å²) in [6.45, 7) is 4.82. The number of para-hydroxylation sites is 1. The van der Waals surface area contributed by atoms with Crippen molar-refractivity contribution in [2.24, 2.45) is 0 Å². The molecule has 0 aliphatic heterocycles. The molecule has 0 fully saturated rings. The standard InChI is InChI=1S/C25H30N2O5S/c1-6-17(2)27(25(28)18-10-12-20(29-3)13-11-18)14-19-16-33-23(26-19)15-32-24-21(30-4)8-7-9-22(24)31-5/h7-13,16-17H,6,14-15H2,1-5H3/t17-/m0/s1. The second-order valence-electron chi connectivity index (χ2n) is 7.43. The van der Waals surface area contributed by atoms with Crippen LogP contribution in [0.5, 0.6) is 23.0 Å². The van der Waals surface area contributed by atoms with E-state index in [1.807, 2.05) is 35.4 Å². The molecule has 0 aliphatic rings. The monoisotopic (exact) mass is 470 g/mol. The van der Waals surface area contributed by atoms with Crippen LogP contribution < -0.4 is 18.9 Å². The van der Waals surface area contributed by atoms with Crippen molar-refractivity contribution in [3.05, 3.63) is 64.1 Å². The van der Waals surface area contributed by atoms with Gasteiger partial charge in [0.25, 0.3) is 5.91 Å². The molecule has 0 radical (unpaired) electrons. The van der Waals surface area contributed by atoms with Crippen LogP contribution in [0.25, 0.3) is 0 Å². The number of carbonyl (C=O) groups excluding carboxylic acids is 1. The van der Waals surface area contributed by atoms with Gasteiger partial charge in [0.1, 0.15) is 17.4 Å². The quantitative estimate of drug-likeness (QED) is 0.384. The first-order valence-corrected chi connectivity index (χ1v) is 11.6. The molecule has 0 spiro atoms. The fraction of sp³-hybridized carbons (Fsp3) is 0.360. The van der Waals surface area contributed by atoms with Gasteiger partial charge in [0.2, 0.25) is 5.75 Å². The molecular weight excluding hydrogens is 440 g/mol. The van der Waals surface area contributed by atoms with Crippen LogP contribution in [0.4, 0.5) is 0 Å². The average Bonchev–Trinajstić information content (AvgIpc) is 3.32. The molecule has 3 rings (SSSR count). The van der Waals surface area contributed by atoms with Gasteiger partial charge in [-0.05, 0) is 49.7 Å². The van der Waals surface area contributed by atoms with Crippen LogP contribution in [-0.4, -0.2) is 43.2 Å². The van der Waals surface area contributed by atoms with Crippen LogP contribution in [0.15, 0.2) is 47.8 Å². The Hall–Kier alpha value is -3.26. The summed E-state index contributed by atoms with van der Waals surface area (Å²) >= 11 is 1.50. The Morgan fingerprint density at radius 1 is 1.03 bits per heavy atom. The predicted octanol–water partition coefficient (Wildman–Crippen LogP) is 5.19. The predicted molar refractivity (Wildman–Crippen MR) is 129 cm³/mol. The first-order valence-electron chi connectivity index (χ1n) is 10.7. The highest BCUT2D eigenvalue weighted by atomic mass is 32.1. The molecule has 176 valence electrons. The molecule has 1 heterocycles. The Labute approximate surface area is 198 Å². The van der Waals surface area contributed by atoms with Gasteiger partial charge in [0.15, 0.2) is 11.5 Å². The molecule has 1 atom stereocenters. The number of thiazole rings is 1. The Morgan fingerprint density at radius 3 is 2.27 bits per heavy atom. The number of aromatic nitrogens is 1. The van der Waals surface area contributed by atoms with E-state index in [4.69, 9.17) is 23.9 Å². The van der Waals surface area contributed by atoms with Gasteiger partial charge in [-0.25, -0.2) is 4.98 Å². The Balaban J connectivity index is 1.72. The number of methoxy groups -OCH3 is 3. The number of hydrogen-bond donors (Lipinski definition) is 0. The number of hydrogen-bond acceptors (Lipinski definition) is 7. The molecule has 0 bridgehead atoms. The van der Waals surface area contributed by atoms with Gasteiger partial charge in [0, 0.05) is 17.0 Å². The molecule has 1 amide bonds. The van der Waals surface area contributed by atoms with Gasteiger partial charge >= 0.3 is 0 Å². The molecule has 2 aromatic carbocycles. The highest BCUT2D eigenvalue weighted by molar-refractivity contribution is 7.09. The maximum absolute atomic E-state index is 13.2. The smallest absolute Gasteiger partial charge is 0.254 e. The number of rotatable bonds is 11. The lowest BCUT2D eigenvalue weighted by atomic mass is 10.1. The third kappa shape index (κ3) is 5.96. The van der Waals surface area contributed by atoms with Crippen molar-refractivity contribution in [2.75, 3.05) is 21.3 Å². The van der Waals surface area contributed by atoms with Crippen LogP contribution in [0.1, 0.15) is 41.3 Å². The summed E-state index contributed by atoms with van der Waals surface area (Å²) in [5.74, 6) is 2.42. The summed E-state index contributed by atoms with van der Waals surface area (Å²) in [5.41, 5.74) is 1.45. The molecule has 0 saturated heterocycles. The van der Waals surface area contributed by atoms with E-state index in [2.05, 4.69) is 6.92 Å². The third-order valence-corrected chi connectivity index (χ3v) is 6.25. The van der Waals surface area contributed by atoms with Crippen molar-refractivity contribution in [3.8, 4) is 23.0 Å². The molecular formula is C25H30N2O5S. The highest BCUT2D eigenvalue weighted by Gasteiger charge is 2.22. The maximum Gasteiger partial charge on any atom is 0.254 e.